The predicted octanol–water partition coefficient (Wildman–Crippen LogP) is 3.36. The standard InChI is InChI=1S/C21H30N4OS/c1-4-25(5-2)21(26)23-15-9-16-17-6-13(12-27)7-18-20(17)14(10-22-18)8-19(16)24(3)11-15/h6-7,10,15-16,19,22,27H,4-5,8-9,11-12H2,1-3H3,(H,23,26)/t15?,16-,19-/m1/s1. The van der Waals surface area contributed by atoms with E-state index in [2.05, 4.69) is 53.2 Å². The fraction of sp³-hybridized carbons (Fsp3) is 0.571. The van der Waals surface area contributed by atoms with E-state index >= 15 is 0 Å². The molecule has 2 N–H and O–H groups in total. The summed E-state index contributed by atoms with van der Waals surface area (Å²) in [4.78, 5) is 20.3. The van der Waals surface area contributed by atoms with Gasteiger partial charge in [0.2, 0.25) is 0 Å². The minimum atomic E-state index is 0.0595. The summed E-state index contributed by atoms with van der Waals surface area (Å²) in [5.41, 5.74) is 5.33. The molecule has 0 spiro atoms. The maximum Gasteiger partial charge on any atom is 0.317 e. The third-order valence-electron chi connectivity index (χ3n) is 6.42. The highest BCUT2D eigenvalue weighted by molar-refractivity contribution is 7.79. The number of piperidine rings is 1. The minimum Gasteiger partial charge on any atom is -0.361 e. The molecule has 2 heterocycles. The highest BCUT2D eigenvalue weighted by atomic mass is 32.1. The lowest BCUT2D eigenvalue weighted by Crippen LogP contribution is -2.56. The SMILES string of the molecule is CCN(CC)C(=O)NC1C[C@@H]2c3cc(CS)cc4[nH]cc(c34)C[C@H]2N(C)C1. The van der Waals surface area contributed by atoms with Crippen molar-refractivity contribution in [1.82, 2.24) is 20.1 Å². The zero-order chi connectivity index (χ0) is 19.1. The Morgan fingerprint density at radius 2 is 2.15 bits per heavy atom. The molecule has 146 valence electrons. The Kier molecular flexibility index (Phi) is 5.12. The van der Waals surface area contributed by atoms with E-state index in [0.29, 0.717) is 12.0 Å². The highest BCUT2D eigenvalue weighted by Crippen LogP contribution is 2.43. The van der Waals surface area contributed by atoms with E-state index < -0.39 is 0 Å². The predicted molar refractivity (Wildman–Crippen MR) is 114 cm³/mol. The number of nitrogens with zero attached hydrogens (tertiary/aromatic N) is 2. The molecule has 2 aromatic rings. The Morgan fingerprint density at radius 3 is 2.85 bits per heavy atom. The molecule has 1 unspecified atom stereocenters. The van der Waals surface area contributed by atoms with Gasteiger partial charge in [-0.3, -0.25) is 0 Å². The van der Waals surface area contributed by atoms with E-state index in [4.69, 9.17) is 0 Å². The average Bonchev–Trinajstić information content (AvgIpc) is 3.07. The first kappa shape index (κ1) is 18.7. The number of fused-ring (bicyclic) bond motifs is 2. The van der Waals surface area contributed by atoms with E-state index in [1.54, 1.807) is 0 Å². The number of hydrogen-bond donors (Lipinski definition) is 3. The fourth-order valence-corrected chi connectivity index (χ4v) is 5.23. The lowest BCUT2D eigenvalue weighted by atomic mass is 9.73. The van der Waals surface area contributed by atoms with Crippen LogP contribution in [0.5, 0.6) is 0 Å². The third-order valence-corrected chi connectivity index (χ3v) is 6.78. The van der Waals surface area contributed by atoms with Gasteiger partial charge < -0.3 is 20.1 Å². The van der Waals surface area contributed by atoms with Crippen LogP contribution in [0.2, 0.25) is 0 Å². The van der Waals surface area contributed by atoms with Crippen molar-refractivity contribution in [3.63, 3.8) is 0 Å². The molecule has 1 aliphatic heterocycles. The highest BCUT2D eigenvalue weighted by Gasteiger charge is 2.40. The van der Waals surface area contributed by atoms with Crippen LogP contribution in [0.1, 0.15) is 42.9 Å². The largest absolute Gasteiger partial charge is 0.361 e. The summed E-state index contributed by atoms with van der Waals surface area (Å²) in [6.45, 7) is 6.45. The first-order valence-corrected chi connectivity index (χ1v) is 10.7. The van der Waals surface area contributed by atoms with Crippen LogP contribution >= 0.6 is 12.6 Å². The molecule has 1 saturated heterocycles. The smallest absolute Gasteiger partial charge is 0.317 e. The summed E-state index contributed by atoms with van der Waals surface area (Å²) in [6, 6.07) is 5.30. The second-order valence-corrected chi connectivity index (χ2v) is 8.27. The van der Waals surface area contributed by atoms with Gasteiger partial charge in [0.05, 0.1) is 0 Å². The van der Waals surface area contributed by atoms with Gasteiger partial charge in [-0.1, -0.05) is 6.07 Å². The van der Waals surface area contributed by atoms with Crippen molar-refractivity contribution in [3.8, 4) is 0 Å². The van der Waals surface area contributed by atoms with Gasteiger partial charge in [-0.05, 0) is 56.5 Å². The van der Waals surface area contributed by atoms with Gasteiger partial charge in [-0.15, -0.1) is 0 Å². The number of H-pyrrole nitrogens is 1. The summed E-state index contributed by atoms with van der Waals surface area (Å²) in [5, 5.41) is 4.68. The summed E-state index contributed by atoms with van der Waals surface area (Å²) in [5.74, 6) is 1.18. The lowest BCUT2D eigenvalue weighted by Gasteiger charge is -2.46. The number of likely N-dealkylation sites (N-methyl/N-ethyl adjacent to an activating group) is 1. The molecule has 1 aromatic carbocycles. The van der Waals surface area contributed by atoms with Crippen molar-refractivity contribution in [2.24, 2.45) is 0 Å². The zero-order valence-electron chi connectivity index (χ0n) is 16.5. The van der Waals surface area contributed by atoms with Gasteiger partial charge in [-0.25, -0.2) is 4.79 Å². The van der Waals surface area contributed by atoms with Crippen LogP contribution in [0.4, 0.5) is 4.79 Å². The summed E-state index contributed by atoms with van der Waals surface area (Å²) < 4.78 is 0. The zero-order valence-corrected chi connectivity index (χ0v) is 17.4. The number of nitrogens with one attached hydrogen (secondary N) is 2. The second-order valence-electron chi connectivity index (χ2n) is 7.95. The molecular formula is C21H30N4OS. The topological polar surface area (TPSA) is 51.4 Å². The van der Waals surface area contributed by atoms with Crippen LogP contribution in [0.25, 0.3) is 10.9 Å². The van der Waals surface area contributed by atoms with Crippen molar-refractivity contribution in [1.29, 1.82) is 0 Å². The number of hydrogen-bond acceptors (Lipinski definition) is 3. The molecule has 6 heteroatoms. The quantitative estimate of drug-likeness (QED) is 0.706. The molecule has 1 aromatic heterocycles. The van der Waals surface area contributed by atoms with Crippen LogP contribution in [0, 0.1) is 0 Å². The monoisotopic (exact) mass is 386 g/mol. The van der Waals surface area contributed by atoms with Gasteiger partial charge in [0.15, 0.2) is 0 Å². The molecule has 1 fully saturated rings. The van der Waals surface area contributed by atoms with Gasteiger partial charge >= 0.3 is 6.03 Å². The Balaban J connectivity index is 1.64. The van der Waals surface area contributed by atoms with Crippen molar-refractivity contribution in [3.05, 3.63) is 35.0 Å². The van der Waals surface area contributed by atoms with E-state index in [9.17, 15) is 4.79 Å². The molecule has 0 saturated carbocycles. The first-order valence-electron chi connectivity index (χ1n) is 10.0. The van der Waals surface area contributed by atoms with Crippen LogP contribution in [0.3, 0.4) is 0 Å². The number of aromatic nitrogens is 1. The Hall–Kier alpha value is -1.66. The number of carbonyl (C=O) groups is 1. The molecule has 0 bridgehead atoms. The van der Waals surface area contributed by atoms with Crippen LogP contribution in [-0.2, 0) is 12.2 Å². The van der Waals surface area contributed by atoms with Crippen molar-refractivity contribution in [2.45, 2.75) is 50.4 Å². The number of rotatable bonds is 4. The van der Waals surface area contributed by atoms with E-state index in [1.807, 2.05) is 18.7 Å². The maximum atomic E-state index is 12.6. The van der Waals surface area contributed by atoms with E-state index in [1.165, 1.54) is 27.6 Å². The van der Waals surface area contributed by atoms with Gasteiger partial charge in [0, 0.05) is 60.5 Å². The fourth-order valence-electron chi connectivity index (χ4n) is 5.05. The minimum absolute atomic E-state index is 0.0595. The molecule has 2 aliphatic rings. The number of thiol groups is 1. The molecule has 4 rings (SSSR count). The van der Waals surface area contributed by atoms with Gasteiger partial charge in [0.1, 0.15) is 0 Å². The summed E-state index contributed by atoms with van der Waals surface area (Å²) in [7, 11) is 2.20. The summed E-state index contributed by atoms with van der Waals surface area (Å²) in [6.07, 6.45) is 4.25. The van der Waals surface area contributed by atoms with Crippen molar-refractivity contribution >= 4 is 29.6 Å². The van der Waals surface area contributed by atoms with Crippen LogP contribution < -0.4 is 5.32 Å². The summed E-state index contributed by atoms with van der Waals surface area (Å²) >= 11 is 4.50. The maximum absolute atomic E-state index is 12.6. The van der Waals surface area contributed by atoms with Crippen molar-refractivity contribution in [2.75, 3.05) is 26.7 Å². The molecule has 3 atom stereocenters. The number of aromatic amines is 1. The third kappa shape index (κ3) is 3.23. The number of likely N-dealkylation sites (tertiary alicyclic amines) is 1. The Labute approximate surface area is 166 Å². The molecule has 27 heavy (non-hydrogen) atoms. The molecule has 2 amide bonds. The van der Waals surface area contributed by atoms with Gasteiger partial charge in [-0.2, -0.15) is 12.6 Å². The van der Waals surface area contributed by atoms with Crippen LogP contribution in [-0.4, -0.2) is 59.6 Å². The normalized spacial score (nSPS) is 24.7. The second kappa shape index (κ2) is 7.40. The van der Waals surface area contributed by atoms with E-state index in [0.717, 1.165) is 38.2 Å². The Bertz CT molecular complexity index is 844. The average molecular weight is 387 g/mol. The Morgan fingerprint density at radius 1 is 1.37 bits per heavy atom. The number of benzene rings is 1. The first-order chi connectivity index (χ1) is 13.0. The number of carbonyl (C=O) groups excluding carboxylic acids is 1. The molecular weight excluding hydrogens is 356 g/mol. The molecule has 5 nitrogen and oxygen atoms in total. The van der Waals surface area contributed by atoms with E-state index in [-0.39, 0.29) is 12.1 Å². The number of urea groups is 1. The van der Waals surface area contributed by atoms with Crippen LogP contribution in [0.15, 0.2) is 18.3 Å². The molecule has 0 radical (unpaired) electrons. The van der Waals surface area contributed by atoms with Gasteiger partial charge in [0.25, 0.3) is 0 Å². The molecule has 1 aliphatic carbocycles. The number of amides is 2. The lowest BCUT2D eigenvalue weighted by molar-refractivity contribution is 0.124. The van der Waals surface area contributed by atoms with Crippen molar-refractivity contribution < 1.29 is 4.79 Å².